The number of benzene rings is 1. The first kappa shape index (κ1) is 14.3. The van der Waals surface area contributed by atoms with E-state index in [2.05, 4.69) is 0 Å². The Bertz CT molecular complexity index is 552. The minimum absolute atomic E-state index is 0.0214. The minimum atomic E-state index is -3.92. The molecule has 17 heavy (non-hydrogen) atoms. The molecular formula is C10H10Cl2O4S. The van der Waals surface area contributed by atoms with Crippen LogP contribution in [0, 0.1) is 6.92 Å². The summed E-state index contributed by atoms with van der Waals surface area (Å²) in [5.74, 6) is -0.474. The quantitative estimate of drug-likeness (QED) is 0.635. The Morgan fingerprint density at radius 2 is 2.00 bits per heavy atom. The predicted octanol–water partition coefficient (Wildman–Crippen LogP) is 2.64. The first-order valence-corrected chi connectivity index (χ1v) is 7.27. The van der Waals surface area contributed by atoms with Gasteiger partial charge in [0.05, 0.1) is 5.02 Å². The lowest BCUT2D eigenvalue weighted by Gasteiger charge is -2.09. The summed E-state index contributed by atoms with van der Waals surface area (Å²) in [5, 5.41) is -0.0214. The van der Waals surface area contributed by atoms with E-state index in [1.807, 2.05) is 0 Å². The zero-order chi connectivity index (χ0) is 13.2. The summed E-state index contributed by atoms with van der Waals surface area (Å²) in [7, 11) is 1.33. The van der Waals surface area contributed by atoms with Crippen molar-refractivity contribution < 1.29 is 17.9 Å². The summed E-state index contributed by atoms with van der Waals surface area (Å²) in [6.45, 7) is 2.86. The summed E-state index contributed by atoms with van der Waals surface area (Å²) in [6.07, 6.45) is 0. The SMILES string of the molecule is CC(=O)OCc1cc(C)cc(S(=O)(=O)Cl)c1Cl. The van der Waals surface area contributed by atoms with E-state index in [0.717, 1.165) is 0 Å². The molecule has 0 saturated heterocycles. The average Bonchev–Trinajstić information content (AvgIpc) is 2.17. The van der Waals surface area contributed by atoms with Gasteiger partial charge >= 0.3 is 5.97 Å². The first-order chi connectivity index (χ1) is 7.71. The molecule has 0 heterocycles. The molecule has 1 rings (SSSR count). The van der Waals surface area contributed by atoms with Crippen LogP contribution in [0.15, 0.2) is 17.0 Å². The molecule has 7 heteroatoms. The number of carbonyl (C=O) groups is 1. The maximum Gasteiger partial charge on any atom is 0.302 e. The van der Waals surface area contributed by atoms with Gasteiger partial charge in [-0.3, -0.25) is 4.79 Å². The van der Waals surface area contributed by atoms with Crippen LogP contribution < -0.4 is 0 Å². The first-order valence-electron chi connectivity index (χ1n) is 4.59. The Hall–Kier alpha value is -0.780. The van der Waals surface area contributed by atoms with Crippen LogP contribution in [0.5, 0.6) is 0 Å². The van der Waals surface area contributed by atoms with Gasteiger partial charge in [-0.1, -0.05) is 17.7 Å². The van der Waals surface area contributed by atoms with Crippen LogP contribution in [-0.2, 0) is 25.2 Å². The van der Waals surface area contributed by atoms with Crippen LogP contribution in [0.1, 0.15) is 18.1 Å². The number of halogens is 2. The Morgan fingerprint density at radius 3 is 2.47 bits per heavy atom. The van der Waals surface area contributed by atoms with E-state index in [-0.39, 0.29) is 16.5 Å². The van der Waals surface area contributed by atoms with Crippen molar-refractivity contribution in [1.82, 2.24) is 0 Å². The van der Waals surface area contributed by atoms with E-state index in [1.54, 1.807) is 13.0 Å². The van der Waals surface area contributed by atoms with Crippen molar-refractivity contribution in [3.8, 4) is 0 Å². The smallest absolute Gasteiger partial charge is 0.302 e. The Kier molecular flexibility index (Phi) is 4.41. The summed E-state index contributed by atoms with van der Waals surface area (Å²) < 4.78 is 27.3. The topological polar surface area (TPSA) is 60.4 Å². The lowest BCUT2D eigenvalue weighted by molar-refractivity contribution is -0.142. The Morgan fingerprint density at radius 1 is 1.41 bits per heavy atom. The van der Waals surface area contributed by atoms with Gasteiger partial charge in [0, 0.05) is 23.2 Å². The van der Waals surface area contributed by atoms with E-state index in [4.69, 9.17) is 27.0 Å². The van der Waals surface area contributed by atoms with E-state index < -0.39 is 15.0 Å². The fourth-order valence-corrected chi connectivity index (χ4v) is 2.89. The zero-order valence-electron chi connectivity index (χ0n) is 9.16. The molecule has 1 aromatic rings. The highest BCUT2D eigenvalue weighted by atomic mass is 35.7. The molecule has 0 aliphatic heterocycles. The summed E-state index contributed by atoms with van der Waals surface area (Å²) in [6, 6.07) is 3.00. The lowest BCUT2D eigenvalue weighted by atomic mass is 10.1. The number of rotatable bonds is 3. The molecule has 0 fully saturated rings. The van der Waals surface area contributed by atoms with Gasteiger partial charge in [0.15, 0.2) is 0 Å². The summed E-state index contributed by atoms with van der Waals surface area (Å²) in [5.41, 5.74) is 1.07. The normalized spacial score (nSPS) is 11.3. The second kappa shape index (κ2) is 5.25. The number of esters is 1. The van der Waals surface area contributed by atoms with Gasteiger partial charge in [-0.25, -0.2) is 8.42 Å². The largest absolute Gasteiger partial charge is 0.461 e. The van der Waals surface area contributed by atoms with Crippen LogP contribution >= 0.6 is 22.3 Å². The molecule has 0 aliphatic rings. The molecule has 0 saturated carbocycles. The van der Waals surface area contributed by atoms with Gasteiger partial charge < -0.3 is 4.74 Å². The molecule has 0 atom stereocenters. The van der Waals surface area contributed by atoms with Crippen molar-refractivity contribution in [2.45, 2.75) is 25.3 Å². The molecule has 0 amide bonds. The minimum Gasteiger partial charge on any atom is -0.461 e. The van der Waals surface area contributed by atoms with Crippen molar-refractivity contribution in [3.05, 3.63) is 28.3 Å². The van der Waals surface area contributed by atoms with Crippen LogP contribution in [-0.4, -0.2) is 14.4 Å². The average molecular weight is 297 g/mol. The third-order valence-corrected chi connectivity index (χ3v) is 3.86. The molecule has 4 nitrogen and oxygen atoms in total. The zero-order valence-corrected chi connectivity index (χ0v) is 11.5. The third-order valence-electron chi connectivity index (χ3n) is 1.95. The predicted molar refractivity (Wildman–Crippen MR) is 64.7 cm³/mol. The molecule has 94 valence electrons. The monoisotopic (exact) mass is 296 g/mol. The maximum absolute atomic E-state index is 11.3. The van der Waals surface area contributed by atoms with Crippen LogP contribution in [0.25, 0.3) is 0 Å². The van der Waals surface area contributed by atoms with Crippen molar-refractivity contribution in [3.63, 3.8) is 0 Å². The molecule has 0 N–H and O–H groups in total. The second-order valence-electron chi connectivity index (χ2n) is 3.45. The van der Waals surface area contributed by atoms with E-state index >= 15 is 0 Å². The second-order valence-corrected chi connectivity index (χ2v) is 6.37. The van der Waals surface area contributed by atoms with Crippen LogP contribution in [0.3, 0.4) is 0 Å². The Balaban J connectivity index is 3.24. The third kappa shape index (κ3) is 3.87. The number of hydrogen-bond donors (Lipinski definition) is 0. The van der Waals surface area contributed by atoms with Crippen LogP contribution in [0.4, 0.5) is 0 Å². The van der Waals surface area contributed by atoms with Crippen molar-refractivity contribution in [2.24, 2.45) is 0 Å². The van der Waals surface area contributed by atoms with Gasteiger partial charge in [-0.2, -0.15) is 0 Å². The molecular weight excluding hydrogens is 287 g/mol. The van der Waals surface area contributed by atoms with Crippen molar-refractivity contribution >= 4 is 37.3 Å². The molecule has 0 bridgehead atoms. The van der Waals surface area contributed by atoms with E-state index in [1.165, 1.54) is 13.0 Å². The summed E-state index contributed by atoms with van der Waals surface area (Å²) >= 11 is 5.89. The summed E-state index contributed by atoms with van der Waals surface area (Å²) in [4.78, 5) is 10.5. The van der Waals surface area contributed by atoms with Crippen molar-refractivity contribution in [2.75, 3.05) is 0 Å². The lowest BCUT2D eigenvalue weighted by Crippen LogP contribution is -2.02. The van der Waals surface area contributed by atoms with Crippen LogP contribution in [0.2, 0.25) is 5.02 Å². The van der Waals surface area contributed by atoms with E-state index in [0.29, 0.717) is 11.1 Å². The Labute approximate surface area is 109 Å². The molecule has 0 unspecified atom stereocenters. The molecule has 0 aliphatic carbocycles. The fraction of sp³-hybridized carbons (Fsp3) is 0.300. The number of carbonyl (C=O) groups excluding carboxylic acids is 1. The standard InChI is InChI=1S/C10H10Cl2O4S/c1-6-3-8(5-16-7(2)13)10(11)9(4-6)17(12,14)15/h3-4H,5H2,1-2H3. The number of hydrogen-bond acceptors (Lipinski definition) is 4. The van der Waals surface area contributed by atoms with Gasteiger partial charge in [0.1, 0.15) is 11.5 Å². The van der Waals surface area contributed by atoms with Gasteiger partial charge in [-0.05, 0) is 18.6 Å². The highest BCUT2D eigenvalue weighted by Gasteiger charge is 2.18. The molecule has 1 aromatic carbocycles. The number of ether oxygens (including phenoxy) is 1. The highest BCUT2D eigenvalue weighted by molar-refractivity contribution is 8.13. The molecule has 0 spiro atoms. The molecule has 0 radical (unpaired) electrons. The van der Waals surface area contributed by atoms with Gasteiger partial charge in [-0.15, -0.1) is 0 Å². The van der Waals surface area contributed by atoms with Gasteiger partial charge in [0.2, 0.25) is 0 Å². The fourth-order valence-electron chi connectivity index (χ4n) is 1.27. The number of aryl methyl sites for hydroxylation is 1. The van der Waals surface area contributed by atoms with Gasteiger partial charge in [0.25, 0.3) is 9.05 Å². The van der Waals surface area contributed by atoms with E-state index in [9.17, 15) is 13.2 Å². The highest BCUT2D eigenvalue weighted by Crippen LogP contribution is 2.30. The van der Waals surface area contributed by atoms with Crippen molar-refractivity contribution in [1.29, 1.82) is 0 Å². The maximum atomic E-state index is 11.3. The molecule has 0 aromatic heterocycles.